The molecule has 0 spiro atoms. The lowest BCUT2D eigenvalue weighted by Crippen LogP contribution is -2.54. The topological polar surface area (TPSA) is 65.8 Å². The highest BCUT2D eigenvalue weighted by atomic mass is 19.1. The first-order valence-electron chi connectivity index (χ1n) is 9.48. The van der Waals surface area contributed by atoms with Gasteiger partial charge in [-0.1, -0.05) is 18.2 Å². The van der Waals surface area contributed by atoms with Crippen LogP contribution in [0.25, 0.3) is 0 Å². The Morgan fingerprint density at radius 3 is 2.46 bits per heavy atom. The molecule has 0 radical (unpaired) electrons. The second-order valence-electron chi connectivity index (χ2n) is 7.14. The van der Waals surface area contributed by atoms with Crippen LogP contribution in [0, 0.1) is 19.7 Å². The van der Waals surface area contributed by atoms with E-state index in [0.717, 1.165) is 5.76 Å². The zero-order chi connectivity index (χ0) is 20.3. The molecule has 1 N–H and O–H groups in total. The molecule has 2 heterocycles. The number of hydrogen-bond acceptors (Lipinski definition) is 4. The smallest absolute Gasteiger partial charge is 0.257 e. The first kappa shape index (κ1) is 20.1. The van der Waals surface area contributed by atoms with Gasteiger partial charge in [0.1, 0.15) is 17.3 Å². The number of furan rings is 1. The van der Waals surface area contributed by atoms with Crippen molar-refractivity contribution in [3.05, 3.63) is 58.8 Å². The maximum absolute atomic E-state index is 13.7. The molecule has 0 saturated carbocycles. The number of halogens is 1. The number of rotatable bonds is 5. The van der Waals surface area contributed by atoms with Crippen molar-refractivity contribution >= 4 is 11.8 Å². The van der Waals surface area contributed by atoms with Gasteiger partial charge in [-0.15, -0.1) is 0 Å². The van der Waals surface area contributed by atoms with Crippen LogP contribution in [-0.2, 0) is 11.3 Å². The molecule has 1 saturated heterocycles. The Morgan fingerprint density at radius 2 is 1.86 bits per heavy atom. The summed E-state index contributed by atoms with van der Waals surface area (Å²) in [5.41, 5.74) is 1.06. The van der Waals surface area contributed by atoms with Crippen molar-refractivity contribution < 1.29 is 18.4 Å². The first-order valence-corrected chi connectivity index (χ1v) is 9.48. The average molecular weight is 387 g/mol. The zero-order valence-corrected chi connectivity index (χ0v) is 16.5. The number of nitrogens with zero attached hydrogens (tertiary/aromatic N) is 2. The van der Waals surface area contributed by atoms with Gasteiger partial charge in [0.15, 0.2) is 0 Å². The molecule has 1 aliphatic heterocycles. The van der Waals surface area contributed by atoms with Crippen LogP contribution >= 0.6 is 0 Å². The van der Waals surface area contributed by atoms with Crippen molar-refractivity contribution in [3.8, 4) is 0 Å². The first-order chi connectivity index (χ1) is 13.4. The number of hydrogen-bond donors (Lipinski definition) is 1. The Kier molecular flexibility index (Phi) is 6.14. The molecule has 1 unspecified atom stereocenters. The summed E-state index contributed by atoms with van der Waals surface area (Å²) >= 11 is 0. The largest absolute Gasteiger partial charge is 0.466 e. The molecule has 0 bridgehead atoms. The zero-order valence-electron chi connectivity index (χ0n) is 16.5. The fourth-order valence-corrected chi connectivity index (χ4v) is 3.46. The molecule has 6 nitrogen and oxygen atoms in total. The second kappa shape index (κ2) is 8.56. The predicted molar refractivity (Wildman–Crippen MR) is 103 cm³/mol. The van der Waals surface area contributed by atoms with Crippen molar-refractivity contribution in [2.75, 3.05) is 26.2 Å². The lowest BCUT2D eigenvalue weighted by Gasteiger charge is -2.37. The second-order valence-corrected chi connectivity index (χ2v) is 7.14. The van der Waals surface area contributed by atoms with Crippen LogP contribution in [0.5, 0.6) is 0 Å². The molecule has 7 heteroatoms. The molecule has 1 aromatic heterocycles. The van der Waals surface area contributed by atoms with E-state index in [2.05, 4.69) is 5.32 Å². The monoisotopic (exact) mass is 387 g/mol. The van der Waals surface area contributed by atoms with Gasteiger partial charge in [-0.2, -0.15) is 0 Å². The lowest BCUT2D eigenvalue weighted by atomic mass is 10.1. The van der Waals surface area contributed by atoms with Crippen LogP contribution in [0.1, 0.15) is 34.4 Å². The molecule has 3 rings (SSSR count). The van der Waals surface area contributed by atoms with E-state index in [1.54, 1.807) is 36.1 Å². The summed E-state index contributed by atoms with van der Waals surface area (Å²) in [5.74, 6) is 0.841. The van der Waals surface area contributed by atoms with E-state index in [-0.39, 0.29) is 30.2 Å². The molecule has 1 atom stereocenters. The summed E-state index contributed by atoms with van der Waals surface area (Å²) in [5, 5.41) is 2.79. The third-order valence-electron chi connectivity index (χ3n) is 5.21. The van der Waals surface area contributed by atoms with Crippen LogP contribution in [0.4, 0.5) is 4.39 Å². The molecule has 1 aliphatic rings. The van der Waals surface area contributed by atoms with Crippen molar-refractivity contribution in [1.82, 2.24) is 15.1 Å². The van der Waals surface area contributed by atoms with Gasteiger partial charge in [-0.05, 0) is 32.9 Å². The lowest BCUT2D eigenvalue weighted by molar-refractivity contribution is -0.126. The number of piperazine rings is 1. The minimum Gasteiger partial charge on any atom is -0.466 e. The molecular weight excluding hydrogens is 361 g/mol. The van der Waals surface area contributed by atoms with E-state index in [1.807, 2.05) is 18.7 Å². The normalized spacial score (nSPS) is 16.1. The average Bonchev–Trinajstić information content (AvgIpc) is 3.04. The highest BCUT2D eigenvalue weighted by Crippen LogP contribution is 2.18. The van der Waals surface area contributed by atoms with E-state index >= 15 is 0 Å². The molecule has 28 heavy (non-hydrogen) atoms. The number of aryl methyl sites for hydroxylation is 2. The maximum Gasteiger partial charge on any atom is 0.257 e. The number of carbonyl (C=O) groups excluding carboxylic acids is 2. The van der Waals surface area contributed by atoms with Crippen LogP contribution < -0.4 is 5.32 Å². The van der Waals surface area contributed by atoms with Gasteiger partial charge in [0.05, 0.1) is 11.6 Å². The van der Waals surface area contributed by atoms with Gasteiger partial charge in [0, 0.05) is 38.3 Å². The quantitative estimate of drug-likeness (QED) is 0.856. The van der Waals surface area contributed by atoms with E-state index in [4.69, 9.17) is 4.42 Å². The Balaban J connectivity index is 1.51. The van der Waals surface area contributed by atoms with E-state index in [1.165, 1.54) is 6.07 Å². The Hall–Kier alpha value is -2.67. The van der Waals surface area contributed by atoms with Crippen LogP contribution in [-0.4, -0.2) is 53.8 Å². The summed E-state index contributed by atoms with van der Waals surface area (Å²) < 4.78 is 19.1. The predicted octanol–water partition coefficient (Wildman–Crippen LogP) is 2.50. The molecule has 2 aromatic rings. The van der Waals surface area contributed by atoms with Crippen LogP contribution in [0.15, 0.2) is 34.7 Å². The number of amides is 2. The number of benzene rings is 1. The minimum atomic E-state index is -0.345. The summed E-state index contributed by atoms with van der Waals surface area (Å²) in [7, 11) is 0. The summed E-state index contributed by atoms with van der Waals surface area (Å²) in [4.78, 5) is 28.9. The van der Waals surface area contributed by atoms with Gasteiger partial charge < -0.3 is 14.6 Å². The van der Waals surface area contributed by atoms with E-state index in [9.17, 15) is 14.0 Å². The minimum absolute atomic E-state index is 0.0364. The maximum atomic E-state index is 13.7. The highest BCUT2D eigenvalue weighted by molar-refractivity contribution is 5.95. The third kappa shape index (κ3) is 4.42. The highest BCUT2D eigenvalue weighted by Gasteiger charge is 2.29. The van der Waals surface area contributed by atoms with Crippen molar-refractivity contribution in [3.63, 3.8) is 0 Å². The molecule has 2 amide bonds. The fourth-order valence-electron chi connectivity index (χ4n) is 3.46. The van der Waals surface area contributed by atoms with Crippen molar-refractivity contribution in [2.24, 2.45) is 0 Å². The van der Waals surface area contributed by atoms with Gasteiger partial charge in [0.25, 0.3) is 5.91 Å². The van der Waals surface area contributed by atoms with Crippen LogP contribution in [0.2, 0.25) is 0 Å². The van der Waals surface area contributed by atoms with Crippen molar-refractivity contribution in [1.29, 1.82) is 0 Å². The fraction of sp³-hybridized carbons (Fsp3) is 0.429. The van der Waals surface area contributed by atoms with Crippen molar-refractivity contribution in [2.45, 2.75) is 33.4 Å². The summed E-state index contributed by atoms with van der Waals surface area (Å²) in [6.07, 6.45) is 0. The summed E-state index contributed by atoms with van der Waals surface area (Å²) in [6.45, 7) is 7.92. The van der Waals surface area contributed by atoms with Gasteiger partial charge in [-0.3, -0.25) is 14.5 Å². The number of nitrogens with one attached hydrogen (secondary N) is 1. The van der Waals surface area contributed by atoms with Gasteiger partial charge >= 0.3 is 0 Å². The Labute approximate surface area is 164 Å². The summed E-state index contributed by atoms with van der Waals surface area (Å²) in [6, 6.07) is 7.82. The van der Waals surface area contributed by atoms with Gasteiger partial charge in [0.2, 0.25) is 5.91 Å². The Morgan fingerprint density at radius 1 is 1.18 bits per heavy atom. The molecule has 1 fully saturated rings. The van der Waals surface area contributed by atoms with Gasteiger partial charge in [-0.25, -0.2) is 4.39 Å². The molecular formula is C21H26FN3O3. The standard InChI is InChI=1S/C21H26FN3O3/c1-14-12-18(16(3)28-14)21(27)25-10-8-24(9-11-25)15(2)20(26)23-13-17-6-4-5-7-19(17)22/h4-7,12,15H,8-11,13H2,1-3H3,(H,23,26). The van der Waals surface area contributed by atoms with E-state index < -0.39 is 0 Å². The molecule has 150 valence electrons. The molecule has 0 aliphatic carbocycles. The molecule has 1 aromatic carbocycles. The van der Waals surface area contributed by atoms with E-state index in [0.29, 0.717) is 43.1 Å². The SMILES string of the molecule is Cc1cc(C(=O)N2CCN(C(C)C(=O)NCc3ccccc3F)CC2)c(C)o1. The third-order valence-corrected chi connectivity index (χ3v) is 5.21. The van der Waals surface area contributed by atoms with Crippen LogP contribution in [0.3, 0.4) is 0 Å². The number of carbonyl (C=O) groups is 2. The Bertz CT molecular complexity index is 856.